The summed E-state index contributed by atoms with van der Waals surface area (Å²) in [4.78, 5) is 14.2. The van der Waals surface area contributed by atoms with Crippen LogP contribution in [0.3, 0.4) is 0 Å². The molecule has 1 N–H and O–H groups in total. The van der Waals surface area contributed by atoms with Gasteiger partial charge in [-0.1, -0.05) is 20.8 Å². The fourth-order valence-corrected chi connectivity index (χ4v) is 2.67. The zero-order valence-electron chi connectivity index (χ0n) is 12.3. The van der Waals surface area contributed by atoms with E-state index in [-0.39, 0.29) is 12.0 Å². The quantitative estimate of drug-likeness (QED) is 0.734. The van der Waals surface area contributed by atoms with Gasteiger partial charge < -0.3 is 15.0 Å². The van der Waals surface area contributed by atoms with Gasteiger partial charge in [0.05, 0.1) is 6.61 Å². The second-order valence-corrected chi connectivity index (χ2v) is 5.87. The number of likely N-dealkylation sites (tertiary alicyclic amines) is 1. The number of likely N-dealkylation sites (N-methyl/N-ethyl adjacent to an activating group) is 1. The SMILES string of the molecule is CCNC(CN1CCCC(C)(C)C1)C(=O)OCC. The van der Waals surface area contributed by atoms with E-state index in [4.69, 9.17) is 4.74 Å². The topological polar surface area (TPSA) is 41.6 Å². The predicted molar refractivity (Wildman–Crippen MR) is 73.6 cm³/mol. The highest BCUT2D eigenvalue weighted by Gasteiger charge is 2.29. The van der Waals surface area contributed by atoms with E-state index in [1.165, 1.54) is 12.8 Å². The molecule has 106 valence electrons. The van der Waals surface area contributed by atoms with Crippen LogP contribution in [-0.4, -0.2) is 49.7 Å². The van der Waals surface area contributed by atoms with Gasteiger partial charge in [-0.15, -0.1) is 0 Å². The minimum Gasteiger partial charge on any atom is -0.465 e. The molecule has 1 heterocycles. The summed E-state index contributed by atoms with van der Waals surface area (Å²) in [5.74, 6) is -0.122. The number of esters is 1. The number of rotatable bonds is 6. The molecule has 0 bridgehead atoms. The summed E-state index contributed by atoms with van der Waals surface area (Å²) in [6.45, 7) is 12.6. The van der Waals surface area contributed by atoms with Crippen molar-refractivity contribution in [2.24, 2.45) is 5.41 Å². The first-order valence-electron chi connectivity index (χ1n) is 7.11. The lowest BCUT2D eigenvalue weighted by molar-refractivity contribution is -0.146. The third-order valence-electron chi connectivity index (χ3n) is 3.44. The van der Waals surface area contributed by atoms with Gasteiger partial charge in [0.2, 0.25) is 0 Å². The Morgan fingerprint density at radius 1 is 1.44 bits per heavy atom. The molecule has 1 atom stereocenters. The van der Waals surface area contributed by atoms with Crippen LogP contribution in [0, 0.1) is 5.41 Å². The number of nitrogens with zero attached hydrogens (tertiary/aromatic N) is 1. The molecule has 0 aromatic rings. The summed E-state index contributed by atoms with van der Waals surface area (Å²) in [6.07, 6.45) is 2.49. The van der Waals surface area contributed by atoms with Crippen LogP contribution in [0.15, 0.2) is 0 Å². The van der Waals surface area contributed by atoms with Crippen LogP contribution in [0.4, 0.5) is 0 Å². The molecule has 1 aliphatic heterocycles. The van der Waals surface area contributed by atoms with Crippen molar-refractivity contribution in [1.82, 2.24) is 10.2 Å². The fourth-order valence-electron chi connectivity index (χ4n) is 2.67. The number of carbonyl (C=O) groups is 1. The van der Waals surface area contributed by atoms with E-state index in [9.17, 15) is 4.79 Å². The molecule has 1 fully saturated rings. The lowest BCUT2D eigenvalue weighted by Crippen LogP contribution is -2.50. The first-order valence-corrected chi connectivity index (χ1v) is 7.11. The van der Waals surface area contributed by atoms with Crippen molar-refractivity contribution in [3.05, 3.63) is 0 Å². The Balaban J connectivity index is 2.52. The summed E-state index contributed by atoms with van der Waals surface area (Å²) < 4.78 is 5.12. The van der Waals surface area contributed by atoms with Gasteiger partial charge in [-0.2, -0.15) is 0 Å². The van der Waals surface area contributed by atoms with Crippen molar-refractivity contribution < 1.29 is 9.53 Å². The van der Waals surface area contributed by atoms with Crippen molar-refractivity contribution in [3.8, 4) is 0 Å². The molecule has 0 aromatic carbocycles. The fraction of sp³-hybridized carbons (Fsp3) is 0.929. The molecule has 0 spiro atoms. The lowest BCUT2D eigenvalue weighted by atomic mass is 9.84. The van der Waals surface area contributed by atoms with Crippen LogP contribution in [0.1, 0.15) is 40.5 Å². The van der Waals surface area contributed by atoms with Crippen LogP contribution in [0.25, 0.3) is 0 Å². The van der Waals surface area contributed by atoms with Crippen molar-refractivity contribution in [1.29, 1.82) is 0 Å². The first-order chi connectivity index (χ1) is 8.48. The van der Waals surface area contributed by atoms with Crippen LogP contribution < -0.4 is 5.32 Å². The smallest absolute Gasteiger partial charge is 0.324 e. The molecule has 1 aliphatic rings. The Hall–Kier alpha value is -0.610. The van der Waals surface area contributed by atoms with E-state index in [0.717, 1.165) is 26.2 Å². The first kappa shape index (κ1) is 15.4. The summed E-state index contributed by atoms with van der Waals surface area (Å²) in [7, 11) is 0. The number of hydrogen-bond acceptors (Lipinski definition) is 4. The maximum atomic E-state index is 11.9. The van der Waals surface area contributed by atoms with E-state index >= 15 is 0 Å². The third kappa shape index (κ3) is 4.94. The summed E-state index contributed by atoms with van der Waals surface area (Å²) in [5, 5.41) is 3.23. The Morgan fingerprint density at radius 3 is 2.72 bits per heavy atom. The van der Waals surface area contributed by atoms with Crippen molar-refractivity contribution in [2.75, 3.05) is 32.8 Å². The maximum Gasteiger partial charge on any atom is 0.324 e. The standard InChI is InChI=1S/C14H28N2O2/c1-5-15-12(13(17)18-6-2)10-16-9-7-8-14(3,4)11-16/h12,15H,5-11H2,1-4H3. The normalized spacial score (nSPS) is 21.6. The Bertz CT molecular complexity index is 267. The van der Waals surface area contributed by atoms with Crippen LogP contribution in [0.5, 0.6) is 0 Å². The highest BCUT2D eigenvalue weighted by molar-refractivity contribution is 5.76. The second kappa shape index (κ2) is 7.10. The zero-order valence-corrected chi connectivity index (χ0v) is 12.3. The molecule has 0 aromatic heterocycles. The van der Waals surface area contributed by atoms with E-state index in [1.54, 1.807) is 0 Å². The molecule has 0 aliphatic carbocycles. The molecule has 4 heteroatoms. The maximum absolute atomic E-state index is 11.9. The largest absolute Gasteiger partial charge is 0.465 e. The highest BCUT2D eigenvalue weighted by atomic mass is 16.5. The number of piperidine rings is 1. The molecule has 0 amide bonds. The average Bonchev–Trinajstić information content (AvgIpc) is 2.27. The van der Waals surface area contributed by atoms with E-state index < -0.39 is 0 Å². The van der Waals surface area contributed by atoms with Gasteiger partial charge in [0.25, 0.3) is 0 Å². The molecule has 1 rings (SSSR count). The highest BCUT2D eigenvalue weighted by Crippen LogP contribution is 2.28. The van der Waals surface area contributed by atoms with Gasteiger partial charge in [-0.25, -0.2) is 0 Å². The summed E-state index contributed by atoms with van der Waals surface area (Å²) in [5.41, 5.74) is 0.365. The Labute approximate surface area is 111 Å². The molecule has 1 saturated heterocycles. The molecule has 4 nitrogen and oxygen atoms in total. The van der Waals surface area contributed by atoms with Gasteiger partial charge in [0, 0.05) is 13.1 Å². The van der Waals surface area contributed by atoms with Crippen molar-refractivity contribution >= 4 is 5.97 Å². The number of ether oxygens (including phenoxy) is 1. The Morgan fingerprint density at radius 2 is 2.17 bits per heavy atom. The average molecular weight is 256 g/mol. The van der Waals surface area contributed by atoms with Gasteiger partial charge in [-0.3, -0.25) is 4.79 Å². The van der Waals surface area contributed by atoms with Gasteiger partial charge in [-0.05, 0) is 38.3 Å². The van der Waals surface area contributed by atoms with Crippen LogP contribution >= 0.6 is 0 Å². The number of hydrogen-bond donors (Lipinski definition) is 1. The van der Waals surface area contributed by atoms with E-state index in [2.05, 4.69) is 24.1 Å². The monoisotopic (exact) mass is 256 g/mol. The lowest BCUT2D eigenvalue weighted by Gasteiger charge is -2.39. The molecular weight excluding hydrogens is 228 g/mol. The summed E-state index contributed by atoms with van der Waals surface area (Å²) >= 11 is 0. The molecule has 0 radical (unpaired) electrons. The van der Waals surface area contributed by atoms with Crippen LogP contribution in [-0.2, 0) is 9.53 Å². The third-order valence-corrected chi connectivity index (χ3v) is 3.44. The predicted octanol–water partition coefficient (Wildman–Crippen LogP) is 1.65. The van der Waals surface area contributed by atoms with Gasteiger partial charge in [0.15, 0.2) is 0 Å². The summed E-state index contributed by atoms with van der Waals surface area (Å²) in [6, 6.07) is -0.191. The van der Waals surface area contributed by atoms with E-state index in [0.29, 0.717) is 12.0 Å². The molecule has 18 heavy (non-hydrogen) atoms. The minimum atomic E-state index is -0.191. The second-order valence-electron chi connectivity index (χ2n) is 5.87. The van der Waals surface area contributed by atoms with Crippen LogP contribution in [0.2, 0.25) is 0 Å². The minimum absolute atomic E-state index is 0.122. The van der Waals surface area contributed by atoms with Crippen molar-refractivity contribution in [2.45, 2.75) is 46.6 Å². The van der Waals surface area contributed by atoms with Gasteiger partial charge >= 0.3 is 5.97 Å². The van der Waals surface area contributed by atoms with E-state index in [1.807, 2.05) is 13.8 Å². The number of carbonyl (C=O) groups excluding carboxylic acids is 1. The molecule has 1 unspecified atom stereocenters. The zero-order chi connectivity index (χ0) is 13.6. The Kier molecular flexibility index (Phi) is 6.09. The van der Waals surface area contributed by atoms with Gasteiger partial charge in [0.1, 0.15) is 6.04 Å². The molecule has 0 saturated carbocycles. The number of nitrogens with one attached hydrogen (secondary N) is 1. The van der Waals surface area contributed by atoms with Crippen molar-refractivity contribution in [3.63, 3.8) is 0 Å². The molecular formula is C14H28N2O2.